The van der Waals surface area contributed by atoms with Gasteiger partial charge in [0.1, 0.15) is 0 Å². The summed E-state index contributed by atoms with van der Waals surface area (Å²) in [6, 6.07) is 0. The van der Waals surface area contributed by atoms with Crippen LogP contribution in [0.15, 0.2) is 12.2 Å². The molecule has 0 saturated carbocycles. The van der Waals surface area contributed by atoms with Gasteiger partial charge >= 0.3 is 0 Å². The van der Waals surface area contributed by atoms with E-state index in [4.69, 9.17) is 14.9 Å². The lowest BCUT2D eigenvalue weighted by atomic mass is 10.2. The van der Waals surface area contributed by atoms with E-state index in [2.05, 4.69) is 19.1 Å². The molecule has 1 aliphatic rings. The van der Waals surface area contributed by atoms with Crippen LogP contribution in [0.2, 0.25) is 0 Å². The van der Waals surface area contributed by atoms with Crippen molar-refractivity contribution in [1.29, 1.82) is 0 Å². The molecule has 1 unspecified atom stereocenters. The van der Waals surface area contributed by atoms with E-state index in [-0.39, 0.29) is 13.2 Å². The molecule has 1 heterocycles. The van der Waals surface area contributed by atoms with E-state index in [1.54, 1.807) is 0 Å². The van der Waals surface area contributed by atoms with Gasteiger partial charge in [0.25, 0.3) is 0 Å². The Morgan fingerprint density at radius 1 is 1.38 bits per heavy atom. The molecule has 3 nitrogen and oxygen atoms in total. The largest absolute Gasteiger partial charge is 0.394 e. The average molecular weight is 188 g/mol. The molecule has 0 spiro atoms. The van der Waals surface area contributed by atoms with Crippen LogP contribution >= 0.6 is 0 Å². The Morgan fingerprint density at radius 3 is 2.46 bits per heavy atom. The highest BCUT2D eigenvalue weighted by Crippen LogP contribution is 2.15. The number of rotatable bonds is 3. The molecule has 0 radical (unpaired) electrons. The van der Waals surface area contributed by atoms with Crippen molar-refractivity contribution in [2.45, 2.75) is 32.3 Å². The third-order valence-electron chi connectivity index (χ3n) is 1.76. The van der Waals surface area contributed by atoms with Crippen molar-refractivity contribution in [2.24, 2.45) is 0 Å². The molecule has 0 amide bonds. The summed E-state index contributed by atoms with van der Waals surface area (Å²) in [7, 11) is 0. The van der Waals surface area contributed by atoms with Gasteiger partial charge in [0.05, 0.1) is 19.3 Å². The lowest BCUT2D eigenvalue weighted by Gasteiger charge is -2.02. The third-order valence-corrected chi connectivity index (χ3v) is 1.76. The summed E-state index contributed by atoms with van der Waals surface area (Å²) in [4.78, 5) is 0. The second kappa shape index (κ2) is 9.71. The molecule has 1 saturated heterocycles. The zero-order valence-corrected chi connectivity index (χ0v) is 8.28. The zero-order valence-electron chi connectivity index (χ0n) is 8.28. The average Bonchev–Trinajstić information content (AvgIpc) is 2.67. The predicted octanol–water partition coefficient (Wildman–Crippen LogP) is 1.10. The van der Waals surface area contributed by atoms with Gasteiger partial charge in [0.2, 0.25) is 0 Å². The van der Waals surface area contributed by atoms with Crippen molar-refractivity contribution < 1.29 is 14.9 Å². The number of hydrogen-bond donors (Lipinski definition) is 2. The summed E-state index contributed by atoms with van der Waals surface area (Å²) in [5, 5.41) is 15.2. The molecule has 1 aliphatic heterocycles. The van der Waals surface area contributed by atoms with Gasteiger partial charge in [0.15, 0.2) is 0 Å². The van der Waals surface area contributed by atoms with Crippen molar-refractivity contribution in [3.8, 4) is 0 Å². The monoisotopic (exact) mass is 188 g/mol. The Balaban J connectivity index is 0.000000310. The lowest BCUT2D eigenvalue weighted by Crippen LogP contribution is -2.01. The molecule has 0 aliphatic carbocycles. The molecule has 0 bridgehead atoms. The van der Waals surface area contributed by atoms with Crippen LogP contribution in [-0.2, 0) is 4.74 Å². The molecular weight excluding hydrogens is 168 g/mol. The summed E-state index contributed by atoms with van der Waals surface area (Å²) in [6.07, 6.45) is 8.40. The van der Waals surface area contributed by atoms with Crippen molar-refractivity contribution >= 4 is 0 Å². The molecule has 0 aromatic rings. The minimum absolute atomic E-state index is 0.125. The fourth-order valence-corrected chi connectivity index (χ4v) is 1.12. The van der Waals surface area contributed by atoms with Crippen molar-refractivity contribution in [3.05, 3.63) is 12.2 Å². The summed E-state index contributed by atoms with van der Waals surface area (Å²) in [5.74, 6) is 0. The first-order valence-electron chi connectivity index (χ1n) is 4.79. The highest BCUT2D eigenvalue weighted by Gasteiger charge is 2.12. The minimum Gasteiger partial charge on any atom is -0.394 e. The highest BCUT2D eigenvalue weighted by atomic mass is 16.5. The molecule has 1 atom stereocenters. The molecule has 13 heavy (non-hydrogen) atoms. The number of aliphatic hydroxyl groups excluding tert-OH is 2. The first kappa shape index (κ1) is 12.6. The maximum absolute atomic E-state index is 7.62. The van der Waals surface area contributed by atoms with Crippen LogP contribution in [0, 0.1) is 0 Å². The number of ether oxygens (including phenoxy) is 1. The molecule has 0 aromatic heterocycles. The smallest absolute Gasteiger partial charge is 0.0662 e. The van der Waals surface area contributed by atoms with Crippen LogP contribution in [0.3, 0.4) is 0 Å². The summed E-state index contributed by atoms with van der Waals surface area (Å²) in [5.41, 5.74) is 0. The summed E-state index contributed by atoms with van der Waals surface area (Å²) in [6.45, 7) is 2.77. The van der Waals surface area contributed by atoms with Gasteiger partial charge in [-0.1, -0.05) is 12.2 Å². The van der Waals surface area contributed by atoms with Crippen LogP contribution in [0.4, 0.5) is 0 Å². The second-order valence-electron chi connectivity index (χ2n) is 2.89. The van der Waals surface area contributed by atoms with Crippen molar-refractivity contribution in [1.82, 2.24) is 0 Å². The molecular formula is C10H20O3. The quantitative estimate of drug-likeness (QED) is 0.652. The van der Waals surface area contributed by atoms with E-state index in [0.29, 0.717) is 6.10 Å². The predicted molar refractivity (Wildman–Crippen MR) is 52.6 cm³/mol. The van der Waals surface area contributed by atoms with Gasteiger partial charge in [-0.05, 0) is 26.2 Å². The minimum atomic E-state index is -0.125. The maximum Gasteiger partial charge on any atom is 0.0662 e. The van der Waals surface area contributed by atoms with E-state index >= 15 is 0 Å². The number of aliphatic hydroxyl groups is 2. The van der Waals surface area contributed by atoms with Crippen LogP contribution in [0.1, 0.15) is 26.2 Å². The van der Waals surface area contributed by atoms with E-state index in [1.165, 1.54) is 12.8 Å². The standard InChI is InChI=1S/C8H14O.C2H6O2/c1-2-3-5-8-6-4-7-9-8;3-1-2-4/h2-3,8H,4-7H2,1H3;3-4H,1-2H2/b3-2+;. The van der Waals surface area contributed by atoms with Crippen LogP contribution < -0.4 is 0 Å². The van der Waals surface area contributed by atoms with Gasteiger partial charge in [0, 0.05) is 6.61 Å². The molecule has 2 N–H and O–H groups in total. The SMILES string of the molecule is C/C=C/CC1CCCO1.OCCO. The van der Waals surface area contributed by atoms with Gasteiger partial charge < -0.3 is 14.9 Å². The summed E-state index contributed by atoms with van der Waals surface area (Å²) >= 11 is 0. The topological polar surface area (TPSA) is 49.7 Å². The van der Waals surface area contributed by atoms with E-state index < -0.39 is 0 Å². The van der Waals surface area contributed by atoms with Crippen LogP contribution in [0.25, 0.3) is 0 Å². The molecule has 3 heteroatoms. The first-order chi connectivity index (χ1) is 6.35. The van der Waals surface area contributed by atoms with Crippen LogP contribution in [0.5, 0.6) is 0 Å². The molecule has 78 valence electrons. The second-order valence-corrected chi connectivity index (χ2v) is 2.89. The highest BCUT2D eigenvalue weighted by molar-refractivity contribution is 4.82. The van der Waals surface area contributed by atoms with Crippen molar-refractivity contribution in [2.75, 3.05) is 19.8 Å². The molecule has 1 rings (SSSR count). The van der Waals surface area contributed by atoms with Crippen molar-refractivity contribution in [3.63, 3.8) is 0 Å². The fraction of sp³-hybridized carbons (Fsp3) is 0.800. The van der Waals surface area contributed by atoms with E-state index in [0.717, 1.165) is 13.0 Å². The zero-order chi connectivity index (χ0) is 9.94. The Hall–Kier alpha value is -0.380. The number of hydrogen-bond acceptors (Lipinski definition) is 3. The first-order valence-corrected chi connectivity index (χ1v) is 4.79. The summed E-state index contributed by atoms with van der Waals surface area (Å²) < 4.78 is 5.40. The van der Waals surface area contributed by atoms with E-state index in [9.17, 15) is 0 Å². The Kier molecular flexibility index (Phi) is 9.42. The number of allylic oxidation sites excluding steroid dienone is 1. The Morgan fingerprint density at radius 2 is 2.08 bits per heavy atom. The Bertz CT molecular complexity index is 115. The molecule has 0 aromatic carbocycles. The van der Waals surface area contributed by atoms with Gasteiger partial charge in [-0.3, -0.25) is 0 Å². The molecule has 1 fully saturated rings. The van der Waals surface area contributed by atoms with Gasteiger partial charge in [-0.15, -0.1) is 0 Å². The van der Waals surface area contributed by atoms with Gasteiger partial charge in [-0.2, -0.15) is 0 Å². The van der Waals surface area contributed by atoms with Gasteiger partial charge in [-0.25, -0.2) is 0 Å². The Labute approximate surface area is 80.0 Å². The fourth-order valence-electron chi connectivity index (χ4n) is 1.12. The third kappa shape index (κ3) is 7.96. The van der Waals surface area contributed by atoms with Crippen LogP contribution in [-0.4, -0.2) is 36.1 Å². The normalized spacial score (nSPS) is 21.6. The lowest BCUT2D eigenvalue weighted by molar-refractivity contribution is 0.113. The maximum atomic E-state index is 7.62. The van der Waals surface area contributed by atoms with E-state index in [1.807, 2.05) is 0 Å².